The van der Waals surface area contributed by atoms with Crippen molar-refractivity contribution in [2.45, 2.75) is 33.7 Å². The second-order valence-electron chi connectivity index (χ2n) is 4.87. The highest BCUT2D eigenvalue weighted by Crippen LogP contribution is 2.18. The maximum Gasteiger partial charge on any atom is 0.268 e. The van der Waals surface area contributed by atoms with Gasteiger partial charge in [0.2, 0.25) is 0 Å². The van der Waals surface area contributed by atoms with Crippen LogP contribution in [0.5, 0.6) is 0 Å². The zero-order chi connectivity index (χ0) is 11.5. The molecule has 0 aliphatic heterocycles. The van der Waals surface area contributed by atoms with Crippen molar-refractivity contribution in [1.82, 2.24) is 9.78 Å². The van der Waals surface area contributed by atoms with Crippen molar-refractivity contribution in [2.24, 2.45) is 5.41 Å². The van der Waals surface area contributed by atoms with Gasteiger partial charge in [0.25, 0.3) is 5.56 Å². The summed E-state index contributed by atoms with van der Waals surface area (Å²) in [4.78, 5) is 11.6. The number of aryl methyl sites for hydroxylation is 1. The summed E-state index contributed by atoms with van der Waals surface area (Å²) in [6.07, 6.45) is 2.61. The molecule has 0 bridgehead atoms. The molecular formula is C11H19N3O. The highest BCUT2D eigenvalue weighted by atomic mass is 16.1. The molecule has 0 saturated heterocycles. The van der Waals surface area contributed by atoms with Gasteiger partial charge < -0.3 is 5.32 Å². The van der Waals surface area contributed by atoms with Gasteiger partial charge in [-0.05, 0) is 11.8 Å². The molecule has 0 atom stereocenters. The van der Waals surface area contributed by atoms with Crippen molar-refractivity contribution in [3.63, 3.8) is 0 Å². The summed E-state index contributed by atoms with van der Waals surface area (Å²) in [5, 5.41) is 6.99. The fourth-order valence-electron chi connectivity index (χ4n) is 1.18. The van der Waals surface area contributed by atoms with Gasteiger partial charge in [0.05, 0.1) is 11.9 Å². The number of hydrogen-bond donors (Lipinski definition) is 1. The maximum atomic E-state index is 11.6. The van der Waals surface area contributed by atoms with Gasteiger partial charge in [0.1, 0.15) is 0 Å². The lowest BCUT2D eigenvalue weighted by Gasteiger charge is -2.17. The normalized spacial score (nSPS) is 11.5. The van der Waals surface area contributed by atoms with Crippen LogP contribution in [0.25, 0.3) is 0 Å². The Morgan fingerprint density at radius 2 is 2.13 bits per heavy atom. The first kappa shape index (κ1) is 11.8. The molecule has 84 valence electrons. The largest absolute Gasteiger partial charge is 0.387 e. The topological polar surface area (TPSA) is 46.9 Å². The fraction of sp³-hybridized carbons (Fsp3) is 0.636. The zero-order valence-electron chi connectivity index (χ0n) is 9.87. The van der Waals surface area contributed by atoms with Gasteiger partial charge in [0.15, 0.2) is 0 Å². The first-order valence-electron chi connectivity index (χ1n) is 5.17. The van der Waals surface area contributed by atoms with Crippen molar-refractivity contribution < 1.29 is 0 Å². The van der Waals surface area contributed by atoms with E-state index in [1.54, 1.807) is 19.3 Å². The van der Waals surface area contributed by atoms with Gasteiger partial charge in [0, 0.05) is 19.7 Å². The Morgan fingerprint density at radius 1 is 1.47 bits per heavy atom. The van der Waals surface area contributed by atoms with E-state index in [0.29, 0.717) is 6.54 Å². The molecule has 0 fully saturated rings. The maximum absolute atomic E-state index is 11.6. The SMILES string of the molecule is CNc1cnn(CCC(C)(C)C)c(=O)c1. The third-order valence-corrected chi connectivity index (χ3v) is 2.23. The average molecular weight is 209 g/mol. The first-order chi connectivity index (χ1) is 6.92. The quantitative estimate of drug-likeness (QED) is 0.824. The van der Waals surface area contributed by atoms with E-state index >= 15 is 0 Å². The molecular weight excluding hydrogens is 190 g/mol. The van der Waals surface area contributed by atoms with Crippen LogP contribution in [0.1, 0.15) is 27.2 Å². The summed E-state index contributed by atoms with van der Waals surface area (Å²) in [6.45, 7) is 7.13. The minimum absolute atomic E-state index is 0.0499. The monoisotopic (exact) mass is 209 g/mol. The van der Waals surface area contributed by atoms with E-state index in [0.717, 1.165) is 12.1 Å². The average Bonchev–Trinajstić information content (AvgIpc) is 2.14. The van der Waals surface area contributed by atoms with Crippen molar-refractivity contribution in [2.75, 3.05) is 12.4 Å². The lowest BCUT2D eigenvalue weighted by Crippen LogP contribution is -2.24. The van der Waals surface area contributed by atoms with E-state index in [-0.39, 0.29) is 11.0 Å². The summed E-state index contributed by atoms with van der Waals surface area (Å²) < 4.78 is 1.51. The molecule has 4 nitrogen and oxygen atoms in total. The molecule has 0 aliphatic carbocycles. The Balaban J connectivity index is 2.75. The van der Waals surface area contributed by atoms with E-state index in [9.17, 15) is 4.79 Å². The van der Waals surface area contributed by atoms with Gasteiger partial charge in [-0.1, -0.05) is 20.8 Å². The predicted octanol–water partition coefficient (Wildman–Crippen LogP) is 1.72. The van der Waals surface area contributed by atoms with Crippen LogP contribution in [0.15, 0.2) is 17.1 Å². The minimum Gasteiger partial charge on any atom is -0.387 e. The van der Waals surface area contributed by atoms with E-state index < -0.39 is 0 Å². The summed E-state index contributed by atoms with van der Waals surface area (Å²) in [5.41, 5.74) is 0.932. The molecule has 0 saturated carbocycles. The van der Waals surface area contributed by atoms with E-state index in [2.05, 4.69) is 31.2 Å². The molecule has 0 radical (unpaired) electrons. The third kappa shape index (κ3) is 3.73. The third-order valence-electron chi connectivity index (χ3n) is 2.23. The summed E-state index contributed by atoms with van der Waals surface area (Å²) >= 11 is 0. The van der Waals surface area contributed by atoms with Gasteiger partial charge in [-0.2, -0.15) is 5.10 Å². The number of hydrogen-bond acceptors (Lipinski definition) is 3. The highest BCUT2D eigenvalue weighted by molar-refractivity contribution is 5.37. The van der Waals surface area contributed by atoms with Crippen molar-refractivity contribution in [3.05, 3.63) is 22.6 Å². The molecule has 0 aliphatic rings. The van der Waals surface area contributed by atoms with Gasteiger partial charge >= 0.3 is 0 Å². The molecule has 0 spiro atoms. The molecule has 4 heteroatoms. The summed E-state index contributed by atoms with van der Waals surface area (Å²) in [7, 11) is 1.77. The second-order valence-corrected chi connectivity index (χ2v) is 4.87. The van der Waals surface area contributed by atoms with Crippen LogP contribution in [0.3, 0.4) is 0 Å². The number of aromatic nitrogens is 2. The predicted molar refractivity (Wildman–Crippen MR) is 62.1 cm³/mol. The van der Waals surface area contributed by atoms with Crippen LogP contribution >= 0.6 is 0 Å². The zero-order valence-corrected chi connectivity index (χ0v) is 9.87. The molecule has 0 amide bonds. The Bertz CT molecular complexity index is 376. The number of rotatable bonds is 3. The summed E-state index contributed by atoms with van der Waals surface area (Å²) in [5.74, 6) is 0. The van der Waals surface area contributed by atoms with Crippen molar-refractivity contribution in [1.29, 1.82) is 0 Å². The van der Waals surface area contributed by atoms with Crippen LogP contribution < -0.4 is 10.9 Å². The Hall–Kier alpha value is -1.32. The molecule has 1 N–H and O–H groups in total. The van der Waals surface area contributed by atoms with Crippen LogP contribution in [-0.4, -0.2) is 16.8 Å². The Kier molecular flexibility index (Phi) is 3.50. The van der Waals surface area contributed by atoms with E-state index in [1.165, 1.54) is 4.68 Å². The van der Waals surface area contributed by atoms with E-state index in [1.807, 2.05) is 0 Å². The van der Waals surface area contributed by atoms with Crippen molar-refractivity contribution in [3.8, 4) is 0 Å². The standard InChI is InChI=1S/C11H19N3O/c1-11(2,3)5-6-14-10(15)7-9(12-4)8-13-14/h7-8,12H,5-6H2,1-4H3. The molecule has 1 heterocycles. The molecule has 1 aromatic rings. The lowest BCUT2D eigenvalue weighted by molar-refractivity contribution is 0.336. The number of anilines is 1. The molecule has 0 aromatic carbocycles. The molecule has 1 rings (SSSR count). The van der Waals surface area contributed by atoms with Gasteiger partial charge in [-0.15, -0.1) is 0 Å². The highest BCUT2D eigenvalue weighted by Gasteiger charge is 2.10. The number of nitrogens with one attached hydrogen (secondary N) is 1. The van der Waals surface area contributed by atoms with Crippen LogP contribution in [0.4, 0.5) is 5.69 Å². The van der Waals surface area contributed by atoms with E-state index in [4.69, 9.17) is 0 Å². The fourth-order valence-corrected chi connectivity index (χ4v) is 1.18. The van der Waals surface area contributed by atoms with Gasteiger partial charge in [-0.3, -0.25) is 4.79 Å². The summed E-state index contributed by atoms with van der Waals surface area (Å²) in [6, 6.07) is 1.57. The number of nitrogens with zero attached hydrogens (tertiary/aromatic N) is 2. The Morgan fingerprint density at radius 3 is 2.60 bits per heavy atom. The van der Waals surface area contributed by atoms with Crippen LogP contribution in [0.2, 0.25) is 0 Å². The Labute approximate surface area is 90.3 Å². The lowest BCUT2D eigenvalue weighted by atomic mass is 9.92. The molecule has 15 heavy (non-hydrogen) atoms. The van der Waals surface area contributed by atoms with Crippen molar-refractivity contribution >= 4 is 5.69 Å². The molecule has 0 unspecified atom stereocenters. The van der Waals surface area contributed by atoms with Crippen LogP contribution in [0, 0.1) is 5.41 Å². The van der Waals surface area contributed by atoms with Gasteiger partial charge in [-0.25, -0.2) is 4.68 Å². The van der Waals surface area contributed by atoms with Crippen LogP contribution in [-0.2, 0) is 6.54 Å². The second kappa shape index (κ2) is 4.47. The first-order valence-corrected chi connectivity index (χ1v) is 5.17. The minimum atomic E-state index is -0.0499. The smallest absolute Gasteiger partial charge is 0.268 e. The molecule has 1 aromatic heterocycles.